The van der Waals surface area contributed by atoms with E-state index < -0.39 is 29.1 Å². The Morgan fingerprint density at radius 1 is 0.955 bits per heavy atom. The summed E-state index contributed by atoms with van der Waals surface area (Å²) in [6, 6.07) is 19.9. The van der Waals surface area contributed by atoms with E-state index in [1.807, 2.05) is 18.2 Å². The number of aromatic nitrogens is 1. The number of amidine groups is 1. The minimum absolute atomic E-state index is 0.123. The molecule has 0 radical (unpaired) electrons. The second-order valence-corrected chi connectivity index (χ2v) is 10.2. The van der Waals surface area contributed by atoms with Crippen molar-refractivity contribution in [2.45, 2.75) is 25.4 Å². The summed E-state index contributed by atoms with van der Waals surface area (Å²) < 4.78 is 43.1. The Morgan fingerprint density at radius 2 is 1.66 bits per heavy atom. The largest absolute Gasteiger partial charge is 0.504 e. The third-order valence-electron chi connectivity index (χ3n) is 6.97. The van der Waals surface area contributed by atoms with E-state index in [2.05, 4.69) is 32.3 Å². The molecule has 0 aliphatic carbocycles. The number of nitrogens with one attached hydrogen (secondary N) is 2. The van der Waals surface area contributed by atoms with Gasteiger partial charge in [-0.15, -0.1) is 0 Å². The molecule has 4 aromatic rings. The van der Waals surface area contributed by atoms with Crippen LogP contribution in [-0.2, 0) is 6.54 Å². The third kappa shape index (κ3) is 7.31. The average molecular weight is 603 g/mol. The number of hydrogen-bond donors (Lipinski definition) is 6. The number of nitrogens with zero attached hydrogens (tertiary/aromatic N) is 3. The van der Waals surface area contributed by atoms with E-state index in [1.54, 1.807) is 12.1 Å². The Kier molecular flexibility index (Phi) is 9.05. The van der Waals surface area contributed by atoms with Gasteiger partial charge in [-0.1, -0.05) is 36.4 Å². The number of ether oxygens (including phenoxy) is 2. The number of guanidine groups is 1. The molecule has 1 saturated heterocycles. The number of aliphatic imine (C=N–C) groups is 1. The number of halogens is 2. The van der Waals surface area contributed by atoms with Crippen molar-refractivity contribution in [3.05, 3.63) is 95.6 Å². The van der Waals surface area contributed by atoms with Gasteiger partial charge in [-0.05, 0) is 48.7 Å². The van der Waals surface area contributed by atoms with E-state index in [1.165, 1.54) is 35.9 Å². The van der Waals surface area contributed by atoms with Crippen molar-refractivity contribution in [3.8, 4) is 29.0 Å². The molecule has 3 aromatic carbocycles. The van der Waals surface area contributed by atoms with E-state index in [9.17, 15) is 5.11 Å². The summed E-state index contributed by atoms with van der Waals surface area (Å²) in [6.07, 6.45) is 1.25. The lowest BCUT2D eigenvalue weighted by atomic mass is 10.0. The van der Waals surface area contributed by atoms with Crippen LogP contribution in [0.4, 0.5) is 20.2 Å². The maximum Gasteiger partial charge on any atom is 0.261 e. The van der Waals surface area contributed by atoms with Crippen LogP contribution >= 0.6 is 0 Å². The Labute approximate surface area is 252 Å². The fourth-order valence-corrected chi connectivity index (χ4v) is 4.79. The molecule has 0 bridgehead atoms. The lowest BCUT2D eigenvalue weighted by Crippen LogP contribution is -2.39. The molecular weight excluding hydrogens is 570 g/mol. The zero-order valence-corrected chi connectivity index (χ0v) is 23.6. The highest BCUT2D eigenvalue weighted by Gasteiger charge is 2.28. The molecule has 1 aromatic heterocycles. The first-order chi connectivity index (χ1) is 21.2. The van der Waals surface area contributed by atoms with Gasteiger partial charge in [-0.3, -0.25) is 10.3 Å². The number of anilines is 1. The monoisotopic (exact) mass is 602 g/mol. The highest BCUT2D eigenvalue weighted by molar-refractivity contribution is 5.95. The second-order valence-electron chi connectivity index (χ2n) is 10.2. The predicted molar refractivity (Wildman–Crippen MR) is 164 cm³/mol. The molecule has 2 heterocycles. The Hall–Kier alpha value is -5.43. The van der Waals surface area contributed by atoms with Gasteiger partial charge in [-0.25, -0.2) is 4.99 Å². The summed E-state index contributed by atoms with van der Waals surface area (Å²) >= 11 is 0. The van der Waals surface area contributed by atoms with Crippen LogP contribution in [0.5, 0.6) is 29.0 Å². The highest BCUT2D eigenvalue weighted by Crippen LogP contribution is 2.39. The number of piperidine rings is 1. The Bertz CT molecular complexity index is 1670. The molecule has 0 spiro atoms. The molecule has 0 unspecified atom stereocenters. The summed E-state index contributed by atoms with van der Waals surface area (Å²) in [6.45, 7) is 2.22. The fourth-order valence-electron chi connectivity index (χ4n) is 4.79. The molecular formula is C31H32F2N8O3. The van der Waals surface area contributed by atoms with Crippen LogP contribution in [0.15, 0.2) is 77.8 Å². The topological polar surface area (TPSA) is 181 Å². The number of nitrogen functional groups attached to an aromatic ring is 1. The standard InChI is InChI=1S/C31H32F2N8O3/c32-25-27(38-20-11-13-41(14-12-20)17-18-5-2-1-3-6-18)26(33)30(44-24-15-19(28(34)35)9-10-23(24)42)40-29(25)43-22-8-4-7-21(16-22)39-31(36)37/h1-10,15-16,20,42H,11-14,17H2,(H3,34,35)(H,38,40)(H4,36,37,39). The normalized spacial score (nSPS) is 13.7. The van der Waals surface area contributed by atoms with Crippen molar-refractivity contribution in [2.24, 2.45) is 22.2 Å². The van der Waals surface area contributed by atoms with Crippen molar-refractivity contribution < 1.29 is 23.4 Å². The summed E-state index contributed by atoms with van der Waals surface area (Å²) in [4.78, 5) is 10.2. The second kappa shape index (κ2) is 13.3. The van der Waals surface area contributed by atoms with Crippen LogP contribution in [0.3, 0.4) is 0 Å². The van der Waals surface area contributed by atoms with Gasteiger partial charge in [0, 0.05) is 37.3 Å². The van der Waals surface area contributed by atoms with Gasteiger partial charge in [0.1, 0.15) is 17.3 Å². The molecule has 0 saturated carbocycles. The van der Waals surface area contributed by atoms with E-state index in [-0.39, 0.29) is 40.6 Å². The van der Waals surface area contributed by atoms with E-state index >= 15 is 8.78 Å². The molecule has 1 aliphatic heterocycles. The first-order valence-electron chi connectivity index (χ1n) is 13.8. The van der Waals surface area contributed by atoms with E-state index in [0.29, 0.717) is 18.5 Å². The zero-order valence-electron chi connectivity index (χ0n) is 23.6. The minimum Gasteiger partial charge on any atom is -0.504 e. The first kappa shape index (κ1) is 30.0. The number of nitrogens with two attached hydrogens (primary N) is 3. The van der Waals surface area contributed by atoms with Crippen molar-refractivity contribution in [1.82, 2.24) is 9.88 Å². The number of likely N-dealkylation sites (tertiary alicyclic amines) is 1. The van der Waals surface area contributed by atoms with Crippen molar-refractivity contribution in [1.29, 1.82) is 5.41 Å². The van der Waals surface area contributed by atoms with Gasteiger partial charge in [0.2, 0.25) is 11.6 Å². The number of phenols is 1. The van der Waals surface area contributed by atoms with Crippen LogP contribution in [-0.4, -0.2) is 45.9 Å². The van der Waals surface area contributed by atoms with Gasteiger partial charge in [0.25, 0.3) is 11.8 Å². The van der Waals surface area contributed by atoms with Crippen molar-refractivity contribution >= 4 is 23.2 Å². The molecule has 228 valence electrons. The highest BCUT2D eigenvalue weighted by atomic mass is 19.1. The van der Waals surface area contributed by atoms with Crippen LogP contribution < -0.4 is 32.0 Å². The lowest BCUT2D eigenvalue weighted by Gasteiger charge is -2.33. The first-order valence-corrected chi connectivity index (χ1v) is 13.8. The van der Waals surface area contributed by atoms with Gasteiger partial charge < -0.3 is 37.1 Å². The SMILES string of the molecule is N=C(N)c1ccc(O)c(Oc2nc(Oc3cccc(N=C(N)N)c3)c(F)c(NC3CCN(Cc4ccccc4)CC3)c2F)c1. The number of aromatic hydroxyl groups is 1. The molecule has 11 nitrogen and oxygen atoms in total. The van der Waals surface area contributed by atoms with Gasteiger partial charge in [-0.2, -0.15) is 13.8 Å². The summed E-state index contributed by atoms with van der Waals surface area (Å²) in [5, 5.41) is 21.0. The molecule has 44 heavy (non-hydrogen) atoms. The Morgan fingerprint density at radius 3 is 2.34 bits per heavy atom. The molecule has 0 amide bonds. The summed E-state index contributed by atoms with van der Waals surface area (Å²) in [5.74, 6) is -4.41. The van der Waals surface area contributed by atoms with E-state index in [0.717, 1.165) is 19.6 Å². The maximum absolute atomic E-state index is 15.9. The van der Waals surface area contributed by atoms with Crippen LogP contribution in [0.2, 0.25) is 0 Å². The molecule has 1 aliphatic rings. The Balaban J connectivity index is 1.44. The van der Waals surface area contributed by atoms with Crippen molar-refractivity contribution in [2.75, 3.05) is 18.4 Å². The third-order valence-corrected chi connectivity index (χ3v) is 6.97. The smallest absolute Gasteiger partial charge is 0.261 e. The van der Waals surface area contributed by atoms with Gasteiger partial charge in [0.15, 0.2) is 17.5 Å². The number of benzene rings is 3. The van der Waals surface area contributed by atoms with Crippen LogP contribution in [0.1, 0.15) is 24.0 Å². The lowest BCUT2D eigenvalue weighted by molar-refractivity contribution is 0.211. The fraction of sp³-hybridized carbons (Fsp3) is 0.194. The summed E-state index contributed by atoms with van der Waals surface area (Å²) in [7, 11) is 0. The average Bonchev–Trinajstić information content (AvgIpc) is 3.00. The summed E-state index contributed by atoms with van der Waals surface area (Å²) in [5.41, 5.74) is 17.7. The van der Waals surface area contributed by atoms with Gasteiger partial charge >= 0.3 is 0 Å². The van der Waals surface area contributed by atoms with E-state index in [4.69, 9.17) is 32.1 Å². The minimum atomic E-state index is -1.12. The van der Waals surface area contributed by atoms with Crippen LogP contribution in [0.25, 0.3) is 0 Å². The molecule has 13 heteroatoms. The predicted octanol–water partition coefficient (Wildman–Crippen LogP) is 4.92. The number of phenolic OH excluding ortho intramolecular Hbond substituents is 1. The number of rotatable bonds is 10. The molecule has 5 rings (SSSR count). The number of pyridine rings is 1. The van der Waals surface area contributed by atoms with Crippen molar-refractivity contribution in [3.63, 3.8) is 0 Å². The van der Waals surface area contributed by atoms with Gasteiger partial charge in [0.05, 0.1) is 5.69 Å². The zero-order chi connectivity index (χ0) is 31.2. The molecule has 1 fully saturated rings. The quantitative estimate of drug-likeness (QED) is 0.108. The number of hydrogen-bond acceptors (Lipinski definition) is 8. The van der Waals surface area contributed by atoms with Crippen LogP contribution in [0, 0.1) is 17.0 Å². The molecule has 0 atom stereocenters. The maximum atomic E-state index is 15.9. The molecule has 9 N–H and O–H groups in total.